The first kappa shape index (κ1) is 21.2. The average Bonchev–Trinajstić information content (AvgIpc) is 3.44. The van der Waals surface area contributed by atoms with E-state index >= 15 is 0 Å². The number of hydrogen-bond donors (Lipinski definition) is 0. The standard InChI is InChI=1S/C23H23N7O2S/c1-27-15-20(14-25-27)18-11-22(23-19(12-24)13-26-30(23)16-18)17-3-5-21(6-4-17)28-7-9-29(10-8-28)33(2,31)32/h3-6,11,13-16H,7-10H2,1-2H3. The van der Waals surface area contributed by atoms with Crippen LogP contribution in [0.3, 0.4) is 0 Å². The number of fused-ring (bicyclic) bond motifs is 1. The van der Waals surface area contributed by atoms with Crippen LogP contribution in [0.15, 0.2) is 55.1 Å². The highest BCUT2D eigenvalue weighted by molar-refractivity contribution is 7.88. The molecule has 168 valence electrons. The highest BCUT2D eigenvalue weighted by atomic mass is 32.2. The van der Waals surface area contributed by atoms with Gasteiger partial charge in [0.05, 0.1) is 29.7 Å². The molecular formula is C23H23N7O2S. The maximum Gasteiger partial charge on any atom is 0.211 e. The van der Waals surface area contributed by atoms with Gasteiger partial charge in [-0.05, 0) is 23.8 Å². The summed E-state index contributed by atoms with van der Waals surface area (Å²) in [6.07, 6.45) is 8.50. The van der Waals surface area contributed by atoms with Crippen molar-refractivity contribution >= 4 is 21.2 Å². The summed E-state index contributed by atoms with van der Waals surface area (Å²) in [4.78, 5) is 2.19. The molecule has 3 aromatic heterocycles. The summed E-state index contributed by atoms with van der Waals surface area (Å²) in [5.74, 6) is 0. The van der Waals surface area contributed by atoms with Crippen molar-refractivity contribution < 1.29 is 8.42 Å². The van der Waals surface area contributed by atoms with E-state index in [4.69, 9.17) is 0 Å². The zero-order valence-corrected chi connectivity index (χ0v) is 19.2. The van der Waals surface area contributed by atoms with Crippen LogP contribution in [-0.2, 0) is 17.1 Å². The normalized spacial score (nSPS) is 15.1. The van der Waals surface area contributed by atoms with Gasteiger partial charge in [0.15, 0.2) is 0 Å². The fraction of sp³-hybridized carbons (Fsp3) is 0.261. The molecule has 1 fully saturated rings. The number of aromatic nitrogens is 4. The Morgan fingerprint density at radius 1 is 0.939 bits per heavy atom. The molecule has 4 aromatic rings. The Morgan fingerprint density at radius 3 is 2.27 bits per heavy atom. The molecule has 10 heteroatoms. The van der Waals surface area contributed by atoms with Crippen LogP contribution < -0.4 is 4.90 Å². The van der Waals surface area contributed by atoms with Crippen LogP contribution in [0.1, 0.15) is 5.56 Å². The third-order valence-electron chi connectivity index (χ3n) is 6.02. The molecule has 0 atom stereocenters. The molecule has 0 N–H and O–H groups in total. The predicted octanol–water partition coefficient (Wildman–Crippen LogP) is 2.36. The molecule has 5 rings (SSSR count). The van der Waals surface area contributed by atoms with Gasteiger partial charge in [0.2, 0.25) is 10.0 Å². The average molecular weight is 462 g/mol. The van der Waals surface area contributed by atoms with E-state index in [9.17, 15) is 13.7 Å². The Morgan fingerprint density at radius 2 is 1.67 bits per heavy atom. The van der Waals surface area contributed by atoms with E-state index in [1.54, 1.807) is 21.6 Å². The van der Waals surface area contributed by atoms with Gasteiger partial charge in [-0.2, -0.15) is 19.8 Å². The molecule has 9 nitrogen and oxygen atoms in total. The van der Waals surface area contributed by atoms with Gasteiger partial charge in [-0.25, -0.2) is 12.9 Å². The molecule has 0 spiro atoms. The van der Waals surface area contributed by atoms with Gasteiger partial charge in [0, 0.05) is 68.0 Å². The van der Waals surface area contributed by atoms with Crippen LogP contribution in [0.2, 0.25) is 0 Å². The summed E-state index contributed by atoms with van der Waals surface area (Å²) in [7, 11) is -1.28. The van der Waals surface area contributed by atoms with E-state index in [1.807, 2.05) is 43.7 Å². The van der Waals surface area contributed by atoms with Crippen molar-refractivity contribution in [1.29, 1.82) is 5.26 Å². The molecule has 1 aliphatic rings. The zero-order chi connectivity index (χ0) is 23.2. The van der Waals surface area contributed by atoms with Gasteiger partial charge < -0.3 is 4.90 Å². The van der Waals surface area contributed by atoms with Crippen molar-refractivity contribution in [1.82, 2.24) is 23.7 Å². The second-order valence-corrected chi connectivity index (χ2v) is 10.2. The van der Waals surface area contributed by atoms with Crippen molar-refractivity contribution in [3.05, 3.63) is 60.7 Å². The largest absolute Gasteiger partial charge is 0.369 e. The number of piperazine rings is 1. The lowest BCUT2D eigenvalue weighted by atomic mass is 9.99. The smallest absolute Gasteiger partial charge is 0.211 e. The lowest BCUT2D eigenvalue weighted by molar-refractivity contribution is 0.388. The van der Waals surface area contributed by atoms with Gasteiger partial charge in [-0.1, -0.05) is 12.1 Å². The highest BCUT2D eigenvalue weighted by Crippen LogP contribution is 2.33. The van der Waals surface area contributed by atoms with Crippen molar-refractivity contribution in [2.75, 3.05) is 37.3 Å². The van der Waals surface area contributed by atoms with Crippen molar-refractivity contribution in [2.24, 2.45) is 7.05 Å². The Labute approximate surface area is 192 Å². The van der Waals surface area contributed by atoms with Crippen molar-refractivity contribution in [3.8, 4) is 28.3 Å². The molecule has 0 bridgehead atoms. The Balaban J connectivity index is 1.50. The number of benzene rings is 1. The van der Waals surface area contributed by atoms with Gasteiger partial charge >= 0.3 is 0 Å². The fourth-order valence-electron chi connectivity index (χ4n) is 4.28. The summed E-state index contributed by atoms with van der Waals surface area (Å²) in [6, 6.07) is 12.5. The number of anilines is 1. The summed E-state index contributed by atoms with van der Waals surface area (Å²) >= 11 is 0. The maximum absolute atomic E-state index is 11.8. The van der Waals surface area contributed by atoms with E-state index in [1.165, 1.54) is 10.6 Å². The van der Waals surface area contributed by atoms with Gasteiger partial charge in [0.1, 0.15) is 6.07 Å². The van der Waals surface area contributed by atoms with Crippen LogP contribution in [0.25, 0.3) is 27.8 Å². The minimum Gasteiger partial charge on any atom is -0.369 e. The Bertz CT molecular complexity index is 1470. The zero-order valence-electron chi connectivity index (χ0n) is 18.4. The first-order valence-electron chi connectivity index (χ1n) is 10.5. The molecule has 4 heterocycles. The maximum atomic E-state index is 11.8. The Kier molecular flexibility index (Phi) is 5.15. The number of nitrogens with zero attached hydrogens (tertiary/aromatic N) is 7. The molecule has 0 unspecified atom stereocenters. The molecular weight excluding hydrogens is 438 g/mol. The van der Waals surface area contributed by atoms with Crippen molar-refractivity contribution in [2.45, 2.75) is 0 Å². The number of sulfonamides is 1. The van der Waals surface area contributed by atoms with E-state index in [2.05, 4.69) is 27.2 Å². The molecule has 1 saturated heterocycles. The van der Waals surface area contributed by atoms with E-state index in [0.717, 1.165) is 33.5 Å². The van der Waals surface area contributed by atoms with E-state index in [-0.39, 0.29) is 0 Å². The summed E-state index contributed by atoms with van der Waals surface area (Å²) < 4.78 is 28.6. The van der Waals surface area contributed by atoms with Gasteiger partial charge in [-0.15, -0.1) is 0 Å². The van der Waals surface area contributed by atoms with Gasteiger partial charge in [-0.3, -0.25) is 4.68 Å². The second kappa shape index (κ2) is 8.03. The molecule has 1 aliphatic heterocycles. The molecule has 1 aromatic carbocycles. The lowest BCUT2D eigenvalue weighted by Crippen LogP contribution is -2.48. The third-order valence-corrected chi connectivity index (χ3v) is 7.32. The second-order valence-electron chi connectivity index (χ2n) is 8.20. The minimum absolute atomic E-state index is 0.482. The number of nitriles is 1. The molecule has 0 saturated carbocycles. The topological polar surface area (TPSA) is 99.5 Å². The first-order chi connectivity index (χ1) is 15.8. The first-order valence-corrected chi connectivity index (χ1v) is 12.4. The molecule has 33 heavy (non-hydrogen) atoms. The molecule has 0 aliphatic carbocycles. The van der Waals surface area contributed by atoms with Crippen molar-refractivity contribution in [3.63, 3.8) is 0 Å². The van der Waals surface area contributed by atoms with Crippen LogP contribution in [-0.4, -0.2) is 64.6 Å². The number of aryl methyl sites for hydroxylation is 1. The Hall–Kier alpha value is -3.68. The lowest BCUT2D eigenvalue weighted by Gasteiger charge is -2.34. The monoisotopic (exact) mass is 461 g/mol. The third kappa shape index (κ3) is 3.97. The summed E-state index contributed by atoms with van der Waals surface area (Å²) in [5.41, 5.74) is 6.14. The number of hydrogen-bond acceptors (Lipinski definition) is 6. The summed E-state index contributed by atoms with van der Waals surface area (Å²) in [6.45, 7) is 2.26. The fourth-order valence-corrected chi connectivity index (χ4v) is 5.11. The predicted molar refractivity (Wildman–Crippen MR) is 126 cm³/mol. The van der Waals surface area contributed by atoms with Gasteiger partial charge in [0.25, 0.3) is 0 Å². The summed E-state index contributed by atoms with van der Waals surface area (Å²) in [5, 5.41) is 18.3. The van der Waals surface area contributed by atoms with Crippen LogP contribution in [0.4, 0.5) is 5.69 Å². The number of rotatable bonds is 4. The minimum atomic E-state index is -3.16. The number of pyridine rings is 1. The highest BCUT2D eigenvalue weighted by Gasteiger charge is 2.23. The molecule has 0 amide bonds. The quantitative estimate of drug-likeness (QED) is 0.463. The SMILES string of the molecule is Cn1cc(-c2cc(-c3ccc(N4CCN(S(C)(=O)=O)CC4)cc3)c3c(C#N)cnn3c2)cn1. The van der Waals surface area contributed by atoms with Crippen LogP contribution in [0, 0.1) is 11.3 Å². The molecule has 0 radical (unpaired) electrons. The van der Waals surface area contributed by atoms with E-state index in [0.29, 0.717) is 31.7 Å². The van der Waals surface area contributed by atoms with E-state index < -0.39 is 10.0 Å². The van der Waals surface area contributed by atoms with Crippen LogP contribution >= 0.6 is 0 Å². The van der Waals surface area contributed by atoms with Crippen LogP contribution in [0.5, 0.6) is 0 Å².